The molecule has 0 unspecified atom stereocenters. The van der Waals surface area contributed by atoms with E-state index in [1.807, 2.05) is 12.1 Å². The number of hydrogen-bond donors (Lipinski definition) is 1. The molecule has 10 heteroatoms. The lowest BCUT2D eigenvalue weighted by Gasteiger charge is -2.22. The maximum Gasteiger partial charge on any atom is 0.239 e. The van der Waals surface area contributed by atoms with Crippen LogP contribution in [0.1, 0.15) is 30.9 Å². The van der Waals surface area contributed by atoms with Gasteiger partial charge in [-0.25, -0.2) is 8.42 Å². The Balaban J connectivity index is 1.59. The number of hydrogen-bond acceptors (Lipinski definition) is 6. The molecule has 3 aromatic rings. The molecule has 1 aliphatic rings. The molecule has 0 spiro atoms. The van der Waals surface area contributed by atoms with Crippen molar-refractivity contribution in [2.45, 2.75) is 37.8 Å². The lowest BCUT2D eigenvalue weighted by Crippen LogP contribution is -2.26. The fraction of sp³-hybridized carbons (Fsp3) is 0.400. The van der Waals surface area contributed by atoms with Gasteiger partial charge in [-0.05, 0) is 55.5 Å². The van der Waals surface area contributed by atoms with E-state index >= 15 is 0 Å². The van der Waals surface area contributed by atoms with Crippen LogP contribution in [0.2, 0.25) is 5.02 Å². The number of sulfonamides is 1. The molecule has 1 aromatic carbocycles. The summed E-state index contributed by atoms with van der Waals surface area (Å²) in [4.78, 5) is 0. The van der Waals surface area contributed by atoms with Crippen LogP contribution in [0, 0.1) is 0 Å². The van der Waals surface area contributed by atoms with Gasteiger partial charge < -0.3 is 9.15 Å². The predicted octanol–water partition coefficient (Wildman–Crippen LogP) is 3.92. The van der Waals surface area contributed by atoms with Gasteiger partial charge in [-0.1, -0.05) is 23.7 Å². The molecule has 2 atom stereocenters. The van der Waals surface area contributed by atoms with E-state index in [1.165, 1.54) is 0 Å². The Labute approximate surface area is 180 Å². The van der Waals surface area contributed by atoms with Crippen LogP contribution in [0.5, 0.6) is 0 Å². The number of nitrogens with zero attached hydrogens (tertiary/aromatic N) is 3. The molecule has 0 amide bonds. The summed E-state index contributed by atoms with van der Waals surface area (Å²) >= 11 is 5.89. The SMILES string of the molecule is CO[C@@H]1CCC[C@H]1n1c(NS(=O)(=O)CCc2ccc(Cl)cc2)nnc1-c1ccco1. The Bertz CT molecular complexity index is 1080. The monoisotopic (exact) mass is 450 g/mol. The lowest BCUT2D eigenvalue weighted by atomic mass is 10.2. The molecule has 1 saturated carbocycles. The van der Waals surface area contributed by atoms with Gasteiger partial charge in [-0.15, -0.1) is 10.2 Å². The molecule has 1 aliphatic carbocycles. The molecule has 0 aliphatic heterocycles. The average Bonchev–Trinajstić information content (AvgIpc) is 3.47. The highest BCUT2D eigenvalue weighted by atomic mass is 35.5. The summed E-state index contributed by atoms with van der Waals surface area (Å²) in [5.41, 5.74) is 0.887. The first-order valence-corrected chi connectivity index (χ1v) is 11.8. The number of anilines is 1. The normalized spacial score (nSPS) is 19.3. The van der Waals surface area contributed by atoms with E-state index < -0.39 is 10.0 Å². The zero-order valence-electron chi connectivity index (χ0n) is 16.5. The van der Waals surface area contributed by atoms with Gasteiger partial charge in [-0.3, -0.25) is 9.29 Å². The second-order valence-electron chi connectivity index (χ2n) is 7.26. The van der Waals surface area contributed by atoms with Crippen molar-refractivity contribution in [3.8, 4) is 11.6 Å². The van der Waals surface area contributed by atoms with E-state index in [0.29, 0.717) is 23.0 Å². The quantitative estimate of drug-likeness (QED) is 0.558. The Morgan fingerprint density at radius 2 is 2.03 bits per heavy atom. The van der Waals surface area contributed by atoms with Gasteiger partial charge in [0.25, 0.3) is 0 Å². The van der Waals surface area contributed by atoms with Gasteiger partial charge in [0.2, 0.25) is 21.8 Å². The first kappa shape index (κ1) is 20.9. The zero-order chi connectivity index (χ0) is 21.1. The summed E-state index contributed by atoms with van der Waals surface area (Å²) in [5, 5.41) is 8.95. The van der Waals surface area contributed by atoms with Crippen molar-refractivity contribution in [1.29, 1.82) is 0 Å². The van der Waals surface area contributed by atoms with E-state index in [-0.39, 0.29) is 23.8 Å². The summed E-state index contributed by atoms with van der Waals surface area (Å²) in [5.74, 6) is 1.09. The molecule has 30 heavy (non-hydrogen) atoms. The van der Waals surface area contributed by atoms with Crippen LogP contribution >= 0.6 is 11.6 Å². The first-order chi connectivity index (χ1) is 14.5. The highest BCUT2D eigenvalue weighted by molar-refractivity contribution is 7.92. The number of aromatic nitrogens is 3. The molecular formula is C20H23ClN4O4S. The van der Waals surface area contributed by atoms with Gasteiger partial charge in [0.15, 0.2) is 5.76 Å². The maximum atomic E-state index is 12.8. The molecule has 4 rings (SSSR count). The second-order valence-corrected chi connectivity index (χ2v) is 9.54. The standard InChI is InChI=1S/C20H23ClN4O4S/c1-28-17-5-2-4-16(17)25-19(18-6-3-12-29-18)22-23-20(25)24-30(26,27)13-11-14-7-9-15(21)10-8-14/h3,6-10,12,16-17H,2,4-5,11,13H2,1H3,(H,23,24)/t16-,17-/m1/s1. The van der Waals surface area contributed by atoms with Crippen LogP contribution in [0.4, 0.5) is 5.95 Å². The van der Waals surface area contributed by atoms with E-state index in [1.54, 1.807) is 42.2 Å². The van der Waals surface area contributed by atoms with Crippen LogP contribution in [0.25, 0.3) is 11.6 Å². The molecule has 2 heterocycles. The minimum absolute atomic E-state index is 0.0490. The number of methoxy groups -OCH3 is 1. The van der Waals surface area contributed by atoms with Crippen molar-refractivity contribution in [2.24, 2.45) is 0 Å². The number of benzene rings is 1. The maximum absolute atomic E-state index is 12.8. The molecular weight excluding hydrogens is 428 g/mol. The van der Waals surface area contributed by atoms with E-state index in [4.69, 9.17) is 20.8 Å². The van der Waals surface area contributed by atoms with Crippen molar-refractivity contribution in [3.05, 3.63) is 53.2 Å². The Morgan fingerprint density at radius 3 is 2.73 bits per heavy atom. The third-order valence-corrected chi connectivity index (χ3v) is 6.80. The third kappa shape index (κ3) is 4.53. The minimum Gasteiger partial charge on any atom is -0.461 e. The molecule has 0 bridgehead atoms. The van der Waals surface area contributed by atoms with Crippen LogP contribution in [-0.4, -0.2) is 42.1 Å². The molecule has 0 saturated heterocycles. The number of furan rings is 1. The summed E-state index contributed by atoms with van der Waals surface area (Å²) < 4.78 is 41.1. The van der Waals surface area contributed by atoms with Crippen LogP contribution in [-0.2, 0) is 21.2 Å². The average molecular weight is 451 g/mol. The number of nitrogens with one attached hydrogen (secondary N) is 1. The van der Waals surface area contributed by atoms with Crippen molar-refractivity contribution in [3.63, 3.8) is 0 Å². The smallest absolute Gasteiger partial charge is 0.239 e. The Hall–Kier alpha value is -2.36. The van der Waals surface area contributed by atoms with Gasteiger partial charge in [0, 0.05) is 12.1 Å². The fourth-order valence-corrected chi connectivity index (χ4v) is 4.97. The van der Waals surface area contributed by atoms with Crippen LogP contribution in [0.3, 0.4) is 0 Å². The summed E-state index contributed by atoms with van der Waals surface area (Å²) in [6.45, 7) is 0. The van der Waals surface area contributed by atoms with E-state index in [2.05, 4.69) is 14.9 Å². The Morgan fingerprint density at radius 1 is 1.23 bits per heavy atom. The van der Waals surface area contributed by atoms with Crippen molar-refractivity contribution in [1.82, 2.24) is 14.8 Å². The fourth-order valence-electron chi connectivity index (χ4n) is 3.82. The van der Waals surface area contributed by atoms with Gasteiger partial charge in [0.1, 0.15) is 0 Å². The second kappa shape index (κ2) is 8.79. The Kier molecular flexibility index (Phi) is 6.12. The van der Waals surface area contributed by atoms with Crippen molar-refractivity contribution < 1.29 is 17.6 Å². The lowest BCUT2D eigenvalue weighted by molar-refractivity contribution is 0.0759. The molecule has 0 radical (unpaired) electrons. The molecule has 1 N–H and O–H groups in total. The van der Waals surface area contributed by atoms with Gasteiger partial charge in [0.05, 0.1) is 24.2 Å². The van der Waals surface area contributed by atoms with E-state index in [0.717, 1.165) is 24.8 Å². The van der Waals surface area contributed by atoms with Crippen molar-refractivity contribution in [2.75, 3.05) is 17.6 Å². The van der Waals surface area contributed by atoms with Gasteiger partial charge in [-0.2, -0.15) is 0 Å². The predicted molar refractivity (Wildman–Crippen MR) is 114 cm³/mol. The van der Waals surface area contributed by atoms with Crippen molar-refractivity contribution >= 4 is 27.6 Å². The van der Waals surface area contributed by atoms with Gasteiger partial charge >= 0.3 is 0 Å². The number of aryl methyl sites for hydroxylation is 1. The first-order valence-electron chi connectivity index (χ1n) is 9.73. The minimum atomic E-state index is -3.65. The van der Waals surface area contributed by atoms with Crippen LogP contribution < -0.4 is 4.72 Å². The molecule has 2 aromatic heterocycles. The number of rotatable bonds is 8. The molecule has 1 fully saturated rings. The zero-order valence-corrected chi connectivity index (χ0v) is 18.1. The number of ether oxygens (including phenoxy) is 1. The van der Waals surface area contributed by atoms with Crippen LogP contribution in [0.15, 0.2) is 47.1 Å². The summed E-state index contributed by atoms with van der Waals surface area (Å²) in [6.07, 6.45) is 4.56. The largest absolute Gasteiger partial charge is 0.461 e. The highest BCUT2D eigenvalue weighted by Gasteiger charge is 2.34. The topological polar surface area (TPSA) is 99.2 Å². The highest BCUT2D eigenvalue weighted by Crippen LogP contribution is 2.37. The third-order valence-electron chi connectivity index (χ3n) is 5.31. The summed E-state index contributed by atoms with van der Waals surface area (Å²) in [7, 11) is -1.99. The number of halogens is 1. The van der Waals surface area contributed by atoms with E-state index in [9.17, 15) is 8.42 Å². The summed E-state index contributed by atoms with van der Waals surface area (Å²) in [6, 6.07) is 10.6. The molecule has 160 valence electrons. The molecule has 8 nitrogen and oxygen atoms in total.